The fourth-order valence-corrected chi connectivity index (χ4v) is 3.64. The second-order valence-corrected chi connectivity index (χ2v) is 7.49. The van der Waals surface area contributed by atoms with Crippen LogP contribution in [0.1, 0.15) is 43.8 Å². The molecule has 5 nitrogen and oxygen atoms in total. The van der Waals surface area contributed by atoms with Crippen LogP contribution in [0, 0.1) is 5.92 Å². The summed E-state index contributed by atoms with van der Waals surface area (Å²) in [5, 5.41) is 4.42. The number of hydrogen-bond acceptors (Lipinski definition) is 4. The molecule has 0 aliphatic carbocycles. The summed E-state index contributed by atoms with van der Waals surface area (Å²) in [6, 6.07) is 16.5. The van der Waals surface area contributed by atoms with Gasteiger partial charge in [0.2, 0.25) is 5.58 Å². The number of H-pyrrole nitrogens is 1. The molecule has 2 aromatic heterocycles. The van der Waals surface area contributed by atoms with Gasteiger partial charge in [-0.25, -0.2) is 4.98 Å². The summed E-state index contributed by atoms with van der Waals surface area (Å²) in [6.45, 7) is 7.01. The normalized spacial score (nSPS) is 12.9. The van der Waals surface area contributed by atoms with Crippen LogP contribution in [0.3, 0.4) is 0 Å². The monoisotopic (exact) mass is 375 g/mol. The first-order valence-corrected chi connectivity index (χ1v) is 9.79. The van der Waals surface area contributed by atoms with Gasteiger partial charge in [0.1, 0.15) is 16.9 Å². The molecule has 0 bridgehead atoms. The maximum absolute atomic E-state index is 12.5. The zero-order valence-electron chi connectivity index (χ0n) is 16.5. The molecular weight excluding hydrogens is 350 g/mol. The SMILES string of the molecule is CCc1ccc(C(NCc2nc3c(oc4ccccc43)c(=O)[nH]2)C(C)C)cc1. The van der Waals surface area contributed by atoms with E-state index in [0.717, 1.165) is 11.8 Å². The average molecular weight is 375 g/mol. The van der Waals surface area contributed by atoms with E-state index in [1.165, 1.54) is 11.1 Å². The summed E-state index contributed by atoms with van der Waals surface area (Å²) < 4.78 is 5.67. The van der Waals surface area contributed by atoms with Gasteiger partial charge in [0.05, 0.1) is 6.54 Å². The Morgan fingerprint density at radius 3 is 2.57 bits per heavy atom. The molecule has 1 atom stereocenters. The number of furan rings is 1. The fraction of sp³-hybridized carbons (Fsp3) is 0.304. The highest BCUT2D eigenvalue weighted by Crippen LogP contribution is 2.25. The van der Waals surface area contributed by atoms with E-state index in [1.54, 1.807) is 0 Å². The molecule has 5 heteroatoms. The van der Waals surface area contributed by atoms with Crippen LogP contribution in [0.4, 0.5) is 0 Å². The number of para-hydroxylation sites is 1. The lowest BCUT2D eigenvalue weighted by atomic mass is 9.95. The van der Waals surface area contributed by atoms with Crippen molar-refractivity contribution in [3.8, 4) is 0 Å². The van der Waals surface area contributed by atoms with E-state index in [9.17, 15) is 4.79 Å². The molecule has 0 radical (unpaired) electrons. The lowest BCUT2D eigenvalue weighted by molar-refractivity contribution is 0.406. The number of aryl methyl sites for hydroxylation is 1. The number of aromatic amines is 1. The van der Waals surface area contributed by atoms with Gasteiger partial charge in [-0.3, -0.25) is 4.79 Å². The van der Waals surface area contributed by atoms with E-state index in [-0.39, 0.29) is 17.2 Å². The van der Waals surface area contributed by atoms with Crippen LogP contribution >= 0.6 is 0 Å². The van der Waals surface area contributed by atoms with Gasteiger partial charge in [0, 0.05) is 11.4 Å². The molecule has 0 saturated heterocycles. The smallest absolute Gasteiger partial charge is 0.294 e. The van der Waals surface area contributed by atoms with Gasteiger partial charge in [0.25, 0.3) is 5.56 Å². The van der Waals surface area contributed by atoms with Crippen molar-refractivity contribution in [1.82, 2.24) is 15.3 Å². The van der Waals surface area contributed by atoms with Crippen LogP contribution in [0.25, 0.3) is 22.1 Å². The molecule has 1 unspecified atom stereocenters. The number of nitrogens with one attached hydrogen (secondary N) is 2. The molecule has 2 heterocycles. The Kier molecular flexibility index (Phi) is 5.01. The van der Waals surface area contributed by atoms with E-state index in [4.69, 9.17) is 4.42 Å². The first-order valence-electron chi connectivity index (χ1n) is 9.79. The topological polar surface area (TPSA) is 70.9 Å². The summed E-state index contributed by atoms with van der Waals surface area (Å²) in [5.74, 6) is 1.01. The van der Waals surface area contributed by atoms with Crippen molar-refractivity contribution < 1.29 is 4.42 Å². The van der Waals surface area contributed by atoms with Gasteiger partial charge < -0.3 is 14.7 Å². The zero-order valence-corrected chi connectivity index (χ0v) is 16.5. The minimum absolute atomic E-state index is 0.174. The first kappa shape index (κ1) is 18.4. The molecule has 0 aliphatic heterocycles. The van der Waals surface area contributed by atoms with Crippen molar-refractivity contribution >= 4 is 22.1 Å². The molecule has 28 heavy (non-hydrogen) atoms. The highest BCUT2D eigenvalue weighted by Gasteiger charge is 2.17. The van der Waals surface area contributed by atoms with E-state index >= 15 is 0 Å². The quantitative estimate of drug-likeness (QED) is 0.512. The number of rotatable bonds is 6. The number of fused-ring (bicyclic) bond motifs is 3. The summed E-state index contributed by atoms with van der Waals surface area (Å²) in [5.41, 5.74) is 3.90. The zero-order chi connectivity index (χ0) is 19.7. The first-order chi connectivity index (χ1) is 13.6. The van der Waals surface area contributed by atoms with Crippen LogP contribution < -0.4 is 10.9 Å². The Hall–Kier alpha value is -2.92. The Bertz CT molecular complexity index is 1160. The maximum atomic E-state index is 12.5. The second kappa shape index (κ2) is 7.60. The molecule has 4 aromatic rings. The van der Waals surface area contributed by atoms with E-state index in [1.807, 2.05) is 24.3 Å². The summed E-state index contributed by atoms with van der Waals surface area (Å²) >= 11 is 0. The molecule has 0 saturated carbocycles. The van der Waals surface area contributed by atoms with Gasteiger partial charge in [-0.1, -0.05) is 57.2 Å². The third kappa shape index (κ3) is 3.45. The lowest BCUT2D eigenvalue weighted by Gasteiger charge is -2.23. The largest absolute Gasteiger partial charge is 0.449 e. The number of benzene rings is 2. The van der Waals surface area contributed by atoms with Gasteiger partial charge in [-0.05, 0) is 35.6 Å². The van der Waals surface area contributed by atoms with Crippen molar-refractivity contribution in [1.29, 1.82) is 0 Å². The Labute approximate surface area is 163 Å². The minimum atomic E-state index is -0.244. The van der Waals surface area contributed by atoms with Crippen molar-refractivity contribution in [2.45, 2.75) is 39.8 Å². The fourth-order valence-electron chi connectivity index (χ4n) is 3.64. The number of nitrogens with zero attached hydrogens (tertiary/aromatic N) is 1. The highest BCUT2D eigenvalue weighted by molar-refractivity contribution is 6.01. The van der Waals surface area contributed by atoms with Crippen LogP contribution in [-0.2, 0) is 13.0 Å². The molecular formula is C23H25N3O2. The predicted octanol–water partition coefficient (Wildman–Crippen LogP) is 4.72. The molecule has 4 rings (SSSR count). The standard InChI is InChI=1S/C23H25N3O2/c1-4-15-9-11-16(12-10-15)20(14(2)3)24-13-19-25-21-17-7-5-6-8-18(17)28-22(21)23(27)26-19/h5-12,14,20,24H,4,13H2,1-3H3,(H,25,26,27). The molecule has 0 amide bonds. The molecule has 0 aliphatic rings. The molecule has 0 spiro atoms. The second-order valence-electron chi connectivity index (χ2n) is 7.49. The molecule has 0 fully saturated rings. The third-order valence-electron chi connectivity index (χ3n) is 5.18. The number of hydrogen-bond donors (Lipinski definition) is 2. The third-order valence-corrected chi connectivity index (χ3v) is 5.18. The lowest BCUT2D eigenvalue weighted by Crippen LogP contribution is -2.27. The van der Waals surface area contributed by atoms with Crippen molar-refractivity contribution in [2.24, 2.45) is 5.92 Å². The van der Waals surface area contributed by atoms with Crippen LogP contribution in [0.5, 0.6) is 0 Å². The van der Waals surface area contributed by atoms with Crippen molar-refractivity contribution in [2.75, 3.05) is 0 Å². The van der Waals surface area contributed by atoms with Gasteiger partial charge in [-0.15, -0.1) is 0 Å². The van der Waals surface area contributed by atoms with Crippen LogP contribution in [0.2, 0.25) is 0 Å². The Morgan fingerprint density at radius 2 is 1.86 bits per heavy atom. The van der Waals surface area contributed by atoms with Crippen molar-refractivity contribution in [3.05, 3.63) is 75.8 Å². The summed E-state index contributed by atoms with van der Waals surface area (Å²) in [4.78, 5) is 20.0. The van der Waals surface area contributed by atoms with Crippen molar-refractivity contribution in [3.63, 3.8) is 0 Å². The van der Waals surface area contributed by atoms with Gasteiger partial charge >= 0.3 is 0 Å². The Morgan fingerprint density at radius 1 is 1.11 bits per heavy atom. The summed E-state index contributed by atoms with van der Waals surface area (Å²) in [6.07, 6.45) is 1.03. The van der Waals surface area contributed by atoms with Crippen LogP contribution in [0.15, 0.2) is 57.7 Å². The van der Waals surface area contributed by atoms with E-state index < -0.39 is 0 Å². The van der Waals surface area contributed by atoms with E-state index in [2.05, 4.69) is 60.3 Å². The maximum Gasteiger partial charge on any atom is 0.294 e. The minimum Gasteiger partial charge on any atom is -0.449 e. The van der Waals surface area contributed by atoms with Gasteiger partial charge in [-0.2, -0.15) is 0 Å². The number of aromatic nitrogens is 2. The molecule has 2 N–H and O–H groups in total. The summed E-state index contributed by atoms with van der Waals surface area (Å²) in [7, 11) is 0. The average Bonchev–Trinajstić information content (AvgIpc) is 3.08. The highest BCUT2D eigenvalue weighted by atomic mass is 16.3. The Balaban J connectivity index is 1.62. The van der Waals surface area contributed by atoms with Gasteiger partial charge in [0.15, 0.2) is 0 Å². The molecule has 144 valence electrons. The van der Waals surface area contributed by atoms with Crippen LogP contribution in [-0.4, -0.2) is 9.97 Å². The van der Waals surface area contributed by atoms with E-state index in [0.29, 0.717) is 29.4 Å². The predicted molar refractivity (Wildman–Crippen MR) is 112 cm³/mol. The molecule has 2 aromatic carbocycles.